The van der Waals surface area contributed by atoms with Crippen molar-refractivity contribution in [3.05, 3.63) is 29.8 Å². The minimum absolute atomic E-state index is 0.151. The number of benzene rings is 1. The molecular formula is C15H21F2N3O. The molecule has 0 saturated carbocycles. The molecule has 0 aromatic heterocycles. The lowest BCUT2D eigenvalue weighted by Gasteiger charge is -2.27. The van der Waals surface area contributed by atoms with Gasteiger partial charge in [-0.1, -0.05) is 6.92 Å². The number of hydrogen-bond acceptors (Lipinski definition) is 3. The summed E-state index contributed by atoms with van der Waals surface area (Å²) < 4.78 is 26.2. The molecule has 1 fully saturated rings. The number of nitrogens with one attached hydrogen (secondary N) is 2. The van der Waals surface area contributed by atoms with Gasteiger partial charge in [-0.15, -0.1) is 0 Å². The van der Waals surface area contributed by atoms with Crippen LogP contribution >= 0.6 is 0 Å². The third-order valence-electron chi connectivity index (χ3n) is 3.55. The molecule has 0 spiro atoms. The molecule has 1 saturated heterocycles. The van der Waals surface area contributed by atoms with Crippen molar-refractivity contribution in [2.75, 3.05) is 31.5 Å². The Morgan fingerprint density at radius 2 is 2.10 bits per heavy atom. The van der Waals surface area contributed by atoms with Crippen molar-refractivity contribution in [1.82, 2.24) is 10.2 Å². The zero-order valence-corrected chi connectivity index (χ0v) is 12.2. The summed E-state index contributed by atoms with van der Waals surface area (Å²) in [5, 5.41) is 5.83. The van der Waals surface area contributed by atoms with Crippen LogP contribution in [0.4, 0.5) is 14.5 Å². The summed E-state index contributed by atoms with van der Waals surface area (Å²) in [7, 11) is 0. The van der Waals surface area contributed by atoms with E-state index in [-0.39, 0.29) is 18.1 Å². The maximum absolute atomic E-state index is 13.1. The Balaban J connectivity index is 1.94. The van der Waals surface area contributed by atoms with Crippen LogP contribution in [0.15, 0.2) is 18.2 Å². The maximum Gasteiger partial charge on any atom is 0.238 e. The first kappa shape index (κ1) is 15.9. The highest BCUT2D eigenvalue weighted by Gasteiger charge is 2.23. The predicted molar refractivity (Wildman–Crippen MR) is 78.1 cm³/mol. The van der Waals surface area contributed by atoms with Gasteiger partial charge in [0, 0.05) is 24.3 Å². The van der Waals surface area contributed by atoms with Crippen molar-refractivity contribution in [2.24, 2.45) is 0 Å². The number of anilines is 1. The van der Waals surface area contributed by atoms with Gasteiger partial charge in [-0.05, 0) is 38.1 Å². The van der Waals surface area contributed by atoms with E-state index in [0.717, 1.165) is 50.7 Å². The Kier molecular flexibility index (Phi) is 5.64. The van der Waals surface area contributed by atoms with Crippen molar-refractivity contribution in [3.63, 3.8) is 0 Å². The van der Waals surface area contributed by atoms with Crippen LogP contribution in [-0.4, -0.2) is 43.0 Å². The first-order valence-corrected chi connectivity index (χ1v) is 7.29. The van der Waals surface area contributed by atoms with Crippen molar-refractivity contribution in [2.45, 2.75) is 25.8 Å². The Morgan fingerprint density at radius 3 is 2.67 bits per heavy atom. The summed E-state index contributed by atoms with van der Waals surface area (Å²) in [5.41, 5.74) is 0.151. The van der Waals surface area contributed by atoms with E-state index in [1.165, 1.54) is 0 Å². The van der Waals surface area contributed by atoms with Crippen LogP contribution in [0.25, 0.3) is 0 Å². The van der Waals surface area contributed by atoms with Crippen molar-refractivity contribution < 1.29 is 13.6 Å². The zero-order chi connectivity index (χ0) is 15.2. The van der Waals surface area contributed by atoms with Gasteiger partial charge in [0.15, 0.2) is 0 Å². The molecule has 1 unspecified atom stereocenters. The third kappa shape index (κ3) is 4.75. The highest BCUT2D eigenvalue weighted by atomic mass is 19.1. The third-order valence-corrected chi connectivity index (χ3v) is 3.55. The monoisotopic (exact) mass is 297 g/mol. The number of nitrogens with zero attached hydrogens (tertiary/aromatic N) is 1. The second-order valence-electron chi connectivity index (χ2n) is 5.32. The molecule has 0 bridgehead atoms. The molecule has 1 aromatic rings. The number of carbonyl (C=O) groups is 1. The normalized spacial score (nSPS) is 18.2. The van der Waals surface area contributed by atoms with Gasteiger partial charge in [0.2, 0.25) is 5.91 Å². The number of rotatable bonds is 6. The van der Waals surface area contributed by atoms with Crippen LogP contribution < -0.4 is 10.6 Å². The van der Waals surface area contributed by atoms with Crippen LogP contribution in [0.1, 0.15) is 19.8 Å². The van der Waals surface area contributed by atoms with Gasteiger partial charge >= 0.3 is 0 Å². The number of amides is 1. The zero-order valence-electron chi connectivity index (χ0n) is 12.2. The lowest BCUT2D eigenvalue weighted by molar-refractivity contribution is -0.117. The molecule has 4 nitrogen and oxygen atoms in total. The van der Waals surface area contributed by atoms with E-state index >= 15 is 0 Å². The second-order valence-corrected chi connectivity index (χ2v) is 5.32. The molecule has 21 heavy (non-hydrogen) atoms. The van der Waals surface area contributed by atoms with E-state index < -0.39 is 11.6 Å². The molecule has 1 heterocycles. The molecule has 116 valence electrons. The Bertz CT molecular complexity index is 470. The van der Waals surface area contributed by atoms with E-state index in [9.17, 15) is 13.6 Å². The lowest BCUT2D eigenvalue weighted by Crippen LogP contribution is -2.42. The summed E-state index contributed by atoms with van der Waals surface area (Å²) in [6.45, 7) is 4.97. The van der Waals surface area contributed by atoms with Crippen LogP contribution in [-0.2, 0) is 4.79 Å². The number of hydrogen-bond donors (Lipinski definition) is 2. The Morgan fingerprint density at radius 1 is 1.38 bits per heavy atom. The highest BCUT2D eigenvalue weighted by molar-refractivity contribution is 5.92. The van der Waals surface area contributed by atoms with E-state index in [1.807, 2.05) is 0 Å². The summed E-state index contributed by atoms with van der Waals surface area (Å²) in [6.07, 6.45) is 1.97. The topological polar surface area (TPSA) is 44.4 Å². The number of halogens is 2. The average molecular weight is 297 g/mol. The minimum Gasteiger partial charge on any atom is -0.325 e. The molecular weight excluding hydrogens is 276 g/mol. The molecule has 1 atom stereocenters. The first-order chi connectivity index (χ1) is 10.1. The fourth-order valence-corrected chi connectivity index (χ4v) is 2.64. The fraction of sp³-hybridized carbons (Fsp3) is 0.533. The van der Waals surface area contributed by atoms with Crippen molar-refractivity contribution in [3.8, 4) is 0 Å². The minimum atomic E-state index is -0.698. The highest BCUT2D eigenvalue weighted by Crippen LogP contribution is 2.14. The molecule has 0 radical (unpaired) electrons. The van der Waals surface area contributed by atoms with Crippen LogP contribution in [0.2, 0.25) is 0 Å². The standard InChI is InChI=1S/C15H21F2N3O/c1-2-5-20(14-3-4-18-9-14)10-15(21)19-13-7-11(16)6-12(17)8-13/h6-8,14,18H,2-5,9-10H2,1H3,(H,19,21). The summed E-state index contributed by atoms with van der Waals surface area (Å²) in [5.74, 6) is -1.65. The van der Waals surface area contributed by atoms with Gasteiger partial charge in [0.25, 0.3) is 0 Å². The second kappa shape index (κ2) is 7.47. The first-order valence-electron chi connectivity index (χ1n) is 7.29. The van der Waals surface area contributed by atoms with Gasteiger partial charge in [-0.2, -0.15) is 0 Å². The van der Waals surface area contributed by atoms with Crippen LogP contribution in [0, 0.1) is 11.6 Å². The molecule has 1 aliphatic heterocycles. The maximum atomic E-state index is 13.1. The molecule has 1 aromatic carbocycles. The van der Waals surface area contributed by atoms with E-state index in [4.69, 9.17) is 0 Å². The van der Waals surface area contributed by atoms with E-state index in [1.54, 1.807) is 0 Å². The smallest absolute Gasteiger partial charge is 0.238 e. The number of carbonyl (C=O) groups excluding carboxylic acids is 1. The van der Waals surface area contributed by atoms with Gasteiger partial charge in [0.1, 0.15) is 11.6 Å². The van der Waals surface area contributed by atoms with Gasteiger partial charge in [-0.3, -0.25) is 9.69 Å². The van der Waals surface area contributed by atoms with Crippen LogP contribution in [0.3, 0.4) is 0 Å². The Hall–Kier alpha value is -1.53. The van der Waals surface area contributed by atoms with E-state index in [0.29, 0.717) is 6.04 Å². The summed E-state index contributed by atoms with van der Waals surface area (Å²) >= 11 is 0. The fourth-order valence-electron chi connectivity index (χ4n) is 2.64. The predicted octanol–water partition coefficient (Wildman–Crippen LogP) is 1.98. The molecule has 1 amide bonds. The van der Waals surface area contributed by atoms with Gasteiger partial charge < -0.3 is 10.6 Å². The molecule has 0 aliphatic carbocycles. The van der Waals surface area contributed by atoms with Crippen molar-refractivity contribution >= 4 is 11.6 Å². The molecule has 2 rings (SSSR count). The van der Waals surface area contributed by atoms with Crippen molar-refractivity contribution in [1.29, 1.82) is 0 Å². The Labute approximate surface area is 123 Å². The van der Waals surface area contributed by atoms with E-state index in [2.05, 4.69) is 22.5 Å². The summed E-state index contributed by atoms with van der Waals surface area (Å²) in [6, 6.07) is 3.35. The van der Waals surface area contributed by atoms with Gasteiger partial charge in [-0.25, -0.2) is 8.78 Å². The molecule has 6 heteroatoms. The van der Waals surface area contributed by atoms with Crippen LogP contribution in [0.5, 0.6) is 0 Å². The lowest BCUT2D eigenvalue weighted by atomic mass is 10.2. The SMILES string of the molecule is CCCN(CC(=O)Nc1cc(F)cc(F)c1)C1CCNC1. The molecule has 1 aliphatic rings. The van der Waals surface area contributed by atoms with Gasteiger partial charge in [0.05, 0.1) is 6.54 Å². The molecule has 2 N–H and O–H groups in total. The quantitative estimate of drug-likeness (QED) is 0.844. The largest absolute Gasteiger partial charge is 0.325 e. The average Bonchev–Trinajstić information content (AvgIpc) is 2.90. The summed E-state index contributed by atoms with van der Waals surface area (Å²) in [4.78, 5) is 14.2.